The van der Waals surface area contributed by atoms with Crippen LogP contribution >= 0.6 is 0 Å². The lowest BCUT2D eigenvalue weighted by molar-refractivity contribution is -0.139. The van der Waals surface area contributed by atoms with Crippen LogP contribution in [0.5, 0.6) is 0 Å². The average Bonchev–Trinajstić information content (AvgIpc) is 2.86. The molecule has 0 aromatic carbocycles. The molecule has 8 nitrogen and oxygen atoms in total. The lowest BCUT2D eigenvalue weighted by Crippen LogP contribution is -2.54. The maximum absolute atomic E-state index is 13.4. The molecule has 0 spiro atoms. The van der Waals surface area contributed by atoms with Gasteiger partial charge in [0, 0.05) is 12.2 Å². The van der Waals surface area contributed by atoms with Crippen molar-refractivity contribution in [3.8, 4) is 0 Å². The molecule has 1 aliphatic carbocycles. The molecule has 1 aromatic rings. The van der Waals surface area contributed by atoms with Crippen LogP contribution in [0.4, 0.5) is 0 Å². The maximum atomic E-state index is 13.4. The van der Waals surface area contributed by atoms with Gasteiger partial charge in [0.2, 0.25) is 5.91 Å². The van der Waals surface area contributed by atoms with E-state index >= 15 is 0 Å². The number of carbonyl (C=O) groups excluding carboxylic acids is 2. The summed E-state index contributed by atoms with van der Waals surface area (Å²) in [7, 11) is 0. The first-order valence-corrected chi connectivity index (χ1v) is 13.2. The van der Waals surface area contributed by atoms with Crippen LogP contribution in [0.1, 0.15) is 84.4 Å². The van der Waals surface area contributed by atoms with Crippen LogP contribution in [0.3, 0.4) is 0 Å². The first kappa shape index (κ1) is 29.4. The molecule has 1 heterocycles. The maximum Gasteiger partial charge on any atom is 0.226 e. The number of pyridine rings is 1. The second-order valence-electron chi connectivity index (χ2n) is 10.7. The molecule has 7 atom stereocenters. The molecule has 1 aromatic heterocycles. The van der Waals surface area contributed by atoms with E-state index in [1.165, 1.54) is 6.42 Å². The fourth-order valence-corrected chi connectivity index (χ4v) is 5.07. The van der Waals surface area contributed by atoms with Crippen LogP contribution in [0.25, 0.3) is 0 Å². The second kappa shape index (κ2) is 14.0. The van der Waals surface area contributed by atoms with Gasteiger partial charge in [-0.1, -0.05) is 72.3 Å². The molecule has 1 unspecified atom stereocenters. The first-order valence-electron chi connectivity index (χ1n) is 13.2. The number of aliphatic hydroxyl groups excluding tert-OH is 2. The van der Waals surface area contributed by atoms with Gasteiger partial charge in [-0.05, 0) is 36.3 Å². The Bertz CT molecular complexity index is 785. The SMILES string of the molecule is CC[C@H](C)[C@H](N)C(=O)C(NC(=O)[C@H](C(C)C)[C@@H](O)[C@H](O)[C@@H](N)CC1CCCCC1)c1ccccn1. The third-order valence-electron chi connectivity index (χ3n) is 7.65. The smallest absolute Gasteiger partial charge is 0.226 e. The van der Waals surface area contributed by atoms with Gasteiger partial charge < -0.3 is 27.0 Å². The number of nitrogens with one attached hydrogen (secondary N) is 1. The topological polar surface area (TPSA) is 152 Å². The number of aromatic nitrogens is 1. The van der Waals surface area contributed by atoms with Crippen LogP contribution in [0.2, 0.25) is 0 Å². The molecule has 198 valence electrons. The predicted molar refractivity (Wildman–Crippen MR) is 137 cm³/mol. The average molecular weight is 491 g/mol. The van der Waals surface area contributed by atoms with E-state index in [2.05, 4.69) is 10.3 Å². The van der Waals surface area contributed by atoms with Crippen molar-refractivity contribution in [1.29, 1.82) is 0 Å². The number of carbonyl (C=O) groups is 2. The quantitative estimate of drug-likeness (QED) is 0.285. The Labute approximate surface area is 210 Å². The summed E-state index contributed by atoms with van der Waals surface area (Å²) in [5, 5.41) is 24.7. The van der Waals surface area contributed by atoms with Gasteiger partial charge >= 0.3 is 0 Å². The molecule has 1 aliphatic rings. The molecule has 0 aliphatic heterocycles. The van der Waals surface area contributed by atoms with E-state index in [4.69, 9.17) is 11.5 Å². The molecule has 1 amide bonds. The van der Waals surface area contributed by atoms with Gasteiger partial charge in [0.15, 0.2) is 5.78 Å². The number of hydrogen-bond donors (Lipinski definition) is 5. The molecule has 1 saturated carbocycles. The van der Waals surface area contributed by atoms with E-state index in [0.717, 1.165) is 25.7 Å². The number of nitrogens with two attached hydrogens (primary N) is 2. The van der Waals surface area contributed by atoms with Gasteiger partial charge in [0.25, 0.3) is 0 Å². The number of rotatable bonds is 13. The Kier molecular flexibility index (Phi) is 11.8. The van der Waals surface area contributed by atoms with Gasteiger partial charge in [-0.3, -0.25) is 14.6 Å². The van der Waals surface area contributed by atoms with E-state index < -0.39 is 42.2 Å². The number of aliphatic hydroxyl groups is 2. The number of ketones is 1. The molecular formula is C27H46N4O4. The zero-order valence-corrected chi connectivity index (χ0v) is 21.8. The van der Waals surface area contributed by atoms with Gasteiger partial charge in [-0.25, -0.2) is 0 Å². The van der Waals surface area contributed by atoms with Crippen LogP contribution in [-0.4, -0.2) is 51.2 Å². The van der Waals surface area contributed by atoms with E-state index in [1.54, 1.807) is 38.2 Å². The van der Waals surface area contributed by atoms with Crippen molar-refractivity contribution in [3.05, 3.63) is 30.1 Å². The largest absolute Gasteiger partial charge is 0.390 e. The minimum absolute atomic E-state index is 0.0725. The zero-order valence-electron chi connectivity index (χ0n) is 21.8. The lowest BCUT2D eigenvalue weighted by Gasteiger charge is -2.34. The summed E-state index contributed by atoms with van der Waals surface area (Å²) in [6.07, 6.45) is 5.98. The van der Waals surface area contributed by atoms with E-state index in [1.807, 2.05) is 13.8 Å². The fraction of sp³-hybridized carbons (Fsp3) is 0.741. The van der Waals surface area contributed by atoms with Crippen molar-refractivity contribution in [2.75, 3.05) is 0 Å². The normalized spacial score (nSPS) is 20.9. The van der Waals surface area contributed by atoms with Crippen molar-refractivity contribution in [2.45, 2.75) is 103 Å². The number of hydrogen-bond acceptors (Lipinski definition) is 7. The molecule has 7 N–H and O–H groups in total. The van der Waals surface area contributed by atoms with Crippen molar-refractivity contribution in [2.24, 2.45) is 35.1 Å². The van der Waals surface area contributed by atoms with Crippen LogP contribution in [0, 0.1) is 23.7 Å². The molecule has 8 heteroatoms. The van der Waals surface area contributed by atoms with E-state index in [0.29, 0.717) is 24.5 Å². The Hall–Kier alpha value is -1.87. The highest BCUT2D eigenvalue weighted by atomic mass is 16.3. The standard InChI is InChI=1S/C27H46N4O4/c1-5-17(4)22(29)26(34)23(20-13-9-10-14-30-20)31-27(35)21(16(2)3)25(33)24(32)19(28)15-18-11-7-6-8-12-18/h9-10,13-14,16-19,21-25,32-33H,5-8,11-12,15,28-29H2,1-4H3,(H,31,35)/t17-,19-,21+,22-,23?,24+,25+/m0/s1. The van der Waals surface area contributed by atoms with Crippen molar-refractivity contribution >= 4 is 11.7 Å². The fourth-order valence-electron chi connectivity index (χ4n) is 5.07. The highest BCUT2D eigenvalue weighted by molar-refractivity contribution is 5.93. The molecule has 1 fully saturated rings. The second-order valence-corrected chi connectivity index (χ2v) is 10.7. The summed E-state index contributed by atoms with van der Waals surface area (Å²) in [5.41, 5.74) is 12.9. The molecule has 35 heavy (non-hydrogen) atoms. The van der Waals surface area contributed by atoms with Gasteiger partial charge in [0.1, 0.15) is 6.04 Å². The summed E-state index contributed by atoms with van der Waals surface area (Å²) >= 11 is 0. The third kappa shape index (κ3) is 8.07. The minimum atomic E-state index is -1.36. The van der Waals surface area contributed by atoms with Crippen LogP contribution < -0.4 is 16.8 Å². The van der Waals surface area contributed by atoms with E-state index in [9.17, 15) is 19.8 Å². The Morgan fingerprint density at radius 3 is 2.29 bits per heavy atom. The van der Waals surface area contributed by atoms with Crippen molar-refractivity contribution in [3.63, 3.8) is 0 Å². The molecular weight excluding hydrogens is 444 g/mol. The highest BCUT2D eigenvalue weighted by Crippen LogP contribution is 2.29. The summed E-state index contributed by atoms with van der Waals surface area (Å²) in [6, 6.07) is 2.69. The Morgan fingerprint density at radius 1 is 1.09 bits per heavy atom. The van der Waals surface area contributed by atoms with Gasteiger partial charge in [-0.2, -0.15) is 0 Å². The van der Waals surface area contributed by atoms with Crippen molar-refractivity contribution in [1.82, 2.24) is 10.3 Å². The Morgan fingerprint density at radius 2 is 1.74 bits per heavy atom. The summed E-state index contributed by atoms with van der Waals surface area (Å²) in [4.78, 5) is 31.0. The monoisotopic (exact) mass is 490 g/mol. The lowest BCUT2D eigenvalue weighted by atomic mass is 9.80. The Balaban J connectivity index is 2.19. The summed E-state index contributed by atoms with van der Waals surface area (Å²) < 4.78 is 0. The number of Topliss-reactive ketones (excluding diaryl/α,β-unsaturated/α-hetero) is 1. The summed E-state index contributed by atoms with van der Waals surface area (Å²) in [5.74, 6) is -1.77. The first-order chi connectivity index (χ1) is 16.6. The number of nitrogens with zero attached hydrogens (tertiary/aromatic N) is 1. The third-order valence-corrected chi connectivity index (χ3v) is 7.65. The molecule has 2 rings (SSSR count). The summed E-state index contributed by atoms with van der Waals surface area (Å²) in [6.45, 7) is 7.45. The van der Waals surface area contributed by atoms with Gasteiger partial charge in [0.05, 0.1) is 29.9 Å². The predicted octanol–water partition coefficient (Wildman–Crippen LogP) is 2.47. The molecule has 0 bridgehead atoms. The highest BCUT2D eigenvalue weighted by Gasteiger charge is 2.40. The molecule has 0 saturated heterocycles. The zero-order chi connectivity index (χ0) is 26.1. The van der Waals surface area contributed by atoms with Gasteiger partial charge in [-0.15, -0.1) is 0 Å². The van der Waals surface area contributed by atoms with E-state index in [-0.39, 0.29) is 17.6 Å². The number of amides is 1. The van der Waals surface area contributed by atoms with Crippen LogP contribution in [0.15, 0.2) is 24.4 Å². The molecule has 0 radical (unpaired) electrons. The van der Waals surface area contributed by atoms with Crippen LogP contribution in [-0.2, 0) is 9.59 Å². The van der Waals surface area contributed by atoms with Crippen molar-refractivity contribution < 1.29 is 19.8 Å². The minimum Gasteiger partial charge on any atom is -0.390 e.